The van der Waals surface area contributed by atoms with Gasteiger partial charge in [0.1, 0.15) is 10.8 Å². The minimum absolute atomic E-state index is 0.0910. The Hall–Kier alpha value is -1.88. The first-order valence-electron chi connectivity index (χ1n) is 5.85. The zero-order chi connectivity index (χ0) is 13.8. The van der Waals surface area contributed by atoms with Crippen LogP contribution in [0.15, 0.2) is 35.3 Å². The number of anilines is 1. The van der Waals surface area contributed by atoms with Crippen LogP contribution in [0.5, 0.6) is 0 Å². The summed E-state index contributed by atoms with van der Waals surface area (Å²) in [5.41, 5.74) is 0.866. The molecule has 0 aliphatic rings. The molecule has 4 nitrogen and oxygen atoms in total. The first kappa shape index (κ1) is 13.5. The van der Waals surface area contributed by atoms with Crippen molar-refractivity contribution in [1.29, 1.82) is 0 Å². The Morgan fingerprint density at radius 2 is 2.26 bits per heavy atom. The number of hydrogen-bond donors (Lipinski definition) is 1. The van der Waals surface area contributed by atoms with Gasteiger partial charge in [-0.1, -0.05) is 23.7 Å². The molecule has 0 saturated carbocycles. The first-order chi connectivity index (χ1) is 9.11. The second-order valence-electron chi connectivity index (χ2n) is 3.98. The van der Waals surface area contributed by atoms with Crippen LogP contribution in [0.1, 0.15) is 12.5 Å². The highest BCUT2D eigenvalue weighted by Gasteiger charge is 2.08. The number of halogens is 2. The molecule has 6 heteroatoms. The summed E-state index contributed by atoms with van der Waals surface area (Å²) in [5, 5.41) is 7.04. The highest BCUT2D eigenvalue weighted by Crippen LogP contribution is 2.16. The van der Waals surface area contributed by atoms with Gasteiger partial charge in [0.2, 0.25) is 0 Å². The molecule has 1 heterocycles. The fraction of sp³-hybridized carbons (Fsp3) is 0.231. The summed E-state index contributed by atoms with van der Waals surface area (Å²) < 4.78 is 14.3. The van der Waals surface area contributed by atoms with Crippen molar-refractivity contribution < 1.29 is 4.39 Å². The van der Waals surface area contributed by atoms with Gasteiger partial charge in [-0.15, -0.1) is 0 Å². The number of benzene rings is 1. The Bertz CT molecular complexity index is 642. The van der Waals surface area contributed by atoms with Crippen LogP contribution in [0.3, 0.4) is 0 Å². The molecular formula is C13H13ClFN3O. The maximum absolute atomic E-state index is 13.0. The topological polar surface area (TPSA) is 46.9 Å². The fourth-order valence-corrected chi connectivity index (χ4v) is 1.87. The molecule has 0 spiro atoms. The van der Waals surface area contributed by atoms with Gasteiger partial charge in [-0.05, 0) is 24.6 Å². The van der Waals surface area contributed by atoms with Crippen LogP contribution in [0.4, 0.5) is 10.1 Å². The van der Waals surface area contributed by atoms with Crippen LogP contribution in [-0.2, 0) is 13.1 Å². The lowest BCUT2D eigenvalue weighted by molar-refractivity contribution is 0.616. The maximum Gasteiger partial charge on any atom is 0.287 e. The van der Waals surface area contributed by atoms with Crippen molar-refractivity contribution in [3.05, 3.63) is 57.2 Å². The van der Waals surface area contributed by atoms with Gasteiger partial charge < -0.3 is 5.32 Å². The smallest absolute Gasteiger partial charge is 0.287 e. The normalized spacial score (nSPS) is 10.5. The minimum atomic E-state index is -0.339. The fourth-order valence-electron chi connectivity index (χ4n) is 1.66. The summed E-state index contributed by atoms with van der Waals surface area (Å²) >= 11 is 5.96. The predicted molar refractivity (Wildman–Crippen MR) is 72.9 cm³/mol. The second-order valence-corrected chi connectivity index (χ2v) is 4.35. The van der Waals surface area contributed by atoms with Crippen LogP contribution in [0.2, 0.25) is 5.02 Å². The number of nitrogens with zero attached hydrogens (tertiary/aromatic N) is 2. The highest BCUT2D eigenvalue weighted by molar-refractivity contribution is 6.32. The average molecular weight is 282 g/mol. The van der Waals surface area contributed by atoms with Crippen molar-refractivity contribution in [1.82, 2.24) is 9.78 Å². The van der Waals surface area contributed by atoms with Gasteiger partial charge in [0, 0.05) is 13.1 Å². The van der Waals surface area contributed by atoms with Crippen LogP contribution >= 0.6 is 11.6 Å². The Kier molecular flexibility index (Phi) is 4.16. The minimum Gasteiger partial charge on any atom is -0.378 e. The quantitative estimate of drug-likeness (QED) is 0.937. The number of hydrogen-bond acceptors (Lipinski definition) is 3. The lowest BCUT2D eigenvalue weighted by Gasteiger charge is -2.09. The molecule has 2 aromatic rings. The Morgan fingerprint density at radius 3 is 2.95 bits per heavy atom. The lowest BCUT2D eigenvalue weighted by atomic mass is 10.2. The summed E-state index contributed by atoms with van der Waals surface area (Å²) in [6, 6.07) is 6.20. The lowest BCUT2D eigenvalue weighted by Crippen LogP contribution is -2.23. The average Bonchev–Trinajstić information content (AvgIpc) is 2.41. The molecule has 19 heavy (non-hydrogen) atoms. The third-order valence-electron chi connectivity index (χ3n) is 2.66. The molecule has 0 saturated heterocycles. The molecule has 0 radical (unpaired) electrons. The molecule has 0 unspecified atom stereocenters. The van der Waals surface area contributed by atoms with Crippen molar-refractivity contribution in [3.8, 4) is 0 Å². The van der Waals surface area contributed by atoms with Crippen LogP contribution < -0.4 is 10.9 Å². The summed E-state index contributed by atoms with van der Waals surface area (Å²) in [7, 11) is 0. The van der Waals surface area contributed by atoms with E-state index in [1.165, 1.54) is 23.0 Å². The van der Waals surface area contributed by atoms with Gasteiger partial charge in [-0.25, -0.2) is 9.07 Å². The van der Waals surface area contributed by atoms with Crippen LogP contribution in [0, 0.1) is 5.82 Å². The van der Waals surface area contributed by atoms with Crippen LogP contribution in [-0.4, -0.2) is 9.78 Å². The summed E-state index contributed by atoms with van der Waals surface area (Å²) in [6.45, 7) is 2.64. The Morgan fingerprint density at radius 1 is 1.47 bits per heavy atom. The number of aryl methyl sites for hydroxylation is 1. The van der Waals surface area contributed by atoms with Crippen molar-refractivity contribution in [3.63, 3.8) is 0 Å². The van der Waals surface area contributed by atoms with Crippen molar-refractivity contribution >= 4 is 17.3 Å². The molecule has 0 aliphatic carbocycles. The molecule has 100 valence electrons. The molecule has 0 atom stereocenters. The standard InChI is InChI=1S/C13H13ClFN3O/c1-2-18-13(19)12(14)11(8-17-18)16-7-9-4-3-5-10(15)6-9/h3-6,8,16H,2,7H2,1H3. The zero-order valence-electron chi connectivity index (χ0n) is 10.4. The molecule has 0 fully saturated rings. The number of nitrogens with one attached hydrogen (secondary N) is 1. The van der Waals surface area contributed by atoms with E-state index in [2.05, 4.69) is 10.4 Å². The summed E-state index contributed by atoms with van der Waals surface area (Å²) in [6.07, 6.45) is 1.49. The Balaban J connectivity index is 2.16. The van der Waals surface area contributed by atoms with E-state index in [0.717, 1.165) is 5.56 Å². The first-order valence-corrected chi connectivity index (χ1v) is 6.23. The third-order valence-corrected chi connectivity index (χ3v) is 3.02. The van der Waals surface area contributed by atoms with Gasteiger partial charge in [0.15, 0.2) is 0 Å². The van der Waals surface area contributed by atoms with Crippen molar-refractivity contribution in [2.45, 2.75) is 20.0 Å². The SMILES string of the molecule is CCn1ncc(NCc2cccc(F)c2)c(Cl)c1=O. The largest absolute Gasteiger partial charge is 0.378 e. The molecule has 1 N–H and O–H groups in total. The predicted octanol–water partition coefficient (Wildman–Crippen LogP) is 2.67. The van der Waals surface area contributed by atoms with E-state index >= 15 is 0 Å². The van der Waals surface area contributed by atoms with Crippen molar-refractivity contribution in [2.75, 3.05) is 5.32 Å². The molecule has 1 aromatic carbocycles. The summed E-state index contributed by atoms with van der Waals surface area (Å²) in [5.74, 6) is -0.301. The highest BCUT2D eigenvalue weighted by atomic mass is 35.5. The molecule has 2 rings (SSSR count). The molecule has 0 amide bonds. The molecule has 0 bridgehead atoms. The van der Waals surface area contributed by atoms with Gasteiger partial charge in [-0.2, -0.15) is 5.10 Å². The van der Waals surface area contributed by atoms with E-state index in [9.17, 15) is 9.18 Å². The molecule has 0 aliphatic heterocycles. The maximum atomic E-state index is 13.0. The second kappa shape index (κ2) is 5.84. The Labute approximate surface area is 114 Å². The van der Waals surface area contributed by atoms with Gasteiger partial charge >= 0.3 is 0 Å². The van der Waals surface area contributed by atoms with Crippen molar-refractivity contribution in [2.24, 2.45) is 0 Å². The molecular weight excluding hydrogens is 269 g/mol. The van der Waals surface area contributed by atoms with Crippen LogP contribution in [0.25, 0.3) is 0 Å². The summed E-state index contributed by atoms with van der Waals surface area (Å²) in [4.78, 5) is 11.8. The van der Waals surface area contributed by atoms with E-state index in [4.69, 9.17) is 11.6 Å². The number of rotatable bonds is 4. The third kappa shape index (κ3) is 3.12. The number of aromatic nitrogens is 2. The molecule has 1 aromatic heterocycles. The zero-order valence-corrected chi connectivity index (χ0v) is 11.1. The van der Waals surface area contributed by atoms with Gasteiger partial charge in [-0.3, -0.25) is 4.79 Å². The van der Waals surface area contributed by atoms with E-state index in [-0.39, 0.29) is 16.4 Å². The van der Waals surface area contributed by atoms with Gasteiger partial charge in [0.25, 0.3) is 5.56 Å². The van der Waals surface area contributed by atoms with E-state index in [1.54, 1.807) is 12.1 Å². The van der Waals surface area contributed by atoms with E-state index in [1.807, 2.05) is 6.92 Å². The van der Waals surface area contributed by atoms with E-state index < -0.39 is 0 Å². The monoisotopic (exact) mass is 281 g/mol. The van der Waals surface area contributed by atoms with E-state index in [0.29, 0.717) is 18.8 Å². The van der Waals surface area contributed by atoms with Gasteiger partial charge in [0.05, 0.1) is 11.9 Å².